The molecule has 1 heterocycles. The van der Waals surface area contributed by atoms with Gasteiger partial charge in [0.05, 0.1) is 0 Å². The molecule has 3 N–H and O–H groups in total. The van der Waals surface area contributed by atoms with E-state index in [1.807, 2.05) is 7.05 Å². The van der Waals surface area contributed by atoms with E-state index in [-0.39, 0.29) is 5.91 Å². The van der Waals surface area contributed by atoms with E-state index < -0.39 is 5.54 Å². The Morgan fingerprint density at radius 2 is 2.20 bits per heavy atom. The van der Waals surface area contributed by atoms with Gasteiger partial charge in [-0.05, 0) is 52.7 Å². The van der Waals surface area contributed by atoms with Crippen molar-refractivity contribution >= 4 is 5.91 Å². The lowest BCUT2D eigenvalue weighted by Crippen LogP contribution is -2.57. The van der Waals surface area contributed by atoms with E-state index in [4.69, 9.17) is 5.73 Å². The zero-order valence-corrected chi connectivity index (χ0v) is 13.2. The van der Waals surface area contributed by atoms with Gasteiger partial charge in [-0.25, -0.2) is 0 Å². The van der Waals surface area contributed by atoms with E-state index in [1.165, 1.54) is 0 Å². The van der Waals surface area contributed by atoms with Gasteiger partial charge in [-0.2, -0.15) is 0 Å². The zero-order chi connectivity index (χ0) is 14.8. The quantitative estimate of drug-likeness (QED) is 0.759. The molecule has 0 bridgehead atoms. The van der Waals surface area contributed by atoms with Crippen LogP contribution >= 0.6 is 0 Å². The lowest BCUT2D eigenvalue weighted by molar-refractivity contribution is -0.125. The van der Waals surface area contributed by atoms with E-state index in [0.717, 1.165) is 51.9 Å². The first-order valence-electron chi connectivity index (χ1n) is 7.91. The van der Waals surface area contributed by atoms with Crippen LogP contribution in [0.5, 0.6) is 0 Å². The molecule has 2 rings (SSSR count). The number of piperazine rings is 1. The fourth-order valence-electron chi connectivity index (χ4n) is 4.08. The van der Waals surface area contributed by atoms with Crippen LogP contribution in [-0.4, -0.2) is 67.6 Å². The van der Waals surface area contributed by atoms with Crippen molar-refractivity contribution in [1.29, 1.82) is 0 Å². The Kier molecular flexibility index (Phi) is 5.04. The van der Waals surface area contributed by atoms with Crippen LogP contribution < -0.4 is 11.1 Å². The van der Waals surface area contributed by atoms with Gasteiger partial charge in [0.15, 0.2) is 0 Å². The fourth-order valence-corrected chi connectivity index (χ4v) is 4.08. The van der Waals surface area contributed by atoms with E-state index in [2.05, 4.69) is 29.1 Å². The van der Waals surface area contributed by atoms with Crippen LogP contribution in [0.3, 0.4) is 0 Å². The lowest BCUT2D eigenvalue weighted by Gasteiger charge is -2.40. The number of carbonyl (C=O) groups excluding carboxylic acids is 1. The van der Waals surface area contributed by atoms with E-state index in [0.29, 0.717) is 12.0 Å². The van der Waals surface area contributed by atoms with Crippen LogP contribution in [0.4, 0.5) is 0 Å². The maximum atomic E-state index is 11.9. The molecule has 5 heteroatoms. The lowest BCUT2D eigenvalue weighted by atomic mass is 9.84. The minimum Gasteiger partial charge on any atom is -0.368 e. The van der Waals surface area contributed by atoms with Gasteiger partial charge in [0.25, 0.3) is 0 Å². The molecule has 1 saturated carbocycles. The first-order chi connectivity index (χ1) is 9.49. The van der Waals surface area contributed by atoms with Gasteiger partial charge in [0.2, 0.25) is 5.91 Å². The standard InChI is InChI=1S/C15H30N4O/c1-12-11-18(3)9-10-19(12)8-6-13-5-4-7-15(13,17-2)14(16)20/h12-13,17H,4-11H2,1-3H3,(H2,16,20). The van der Waals surface area contributed by atoms with Crippen molar-refractivity contribution < 1.29 is 4.79 Å². The molecule has 116 valence electrons. The summed E-state index contributed by atoms with van der Waals surface area (Å²) >= 11 is 0. The number of nitrogens with two attached hydrogens (primary N) is 1. The number of nitrogens with zero attached hydrogens (tertiary/aromatic N) is 2. The van der Waals surface area contributed by atoms with Gasteiger partial charge in [-0.15, -0.1) is 0 Å². The van der Waals surface area contributed by atoms with Crippen LogP contribution in [0.1, 0.15) is 32.6 Å². The number of hydrogen-bond acceptors (Lipinski definition) is 4. The van der Waals surface area contributed by atoms with E-state index >= 15 is 0 Å². The number of amides is 1. The van der Waals surface area contributed by atoms with Crippen LogP contribution in [0.2, 0.25) is 0 Å². The molecule has 3 atom stereocenters. The molecule has 1 saturated heterocycles. The third-order valence-corrected chi connectivity index (χ3v) is 5.44. The number of rotatable bonds is 5. The molecule has 3 unspecified atom stereocenters. The molecule has 0 aromatic heterocycles. The van der Waals surface area contributed by atoms with Crippen LogP contribution in [0, 0.1) is 5.92 Å². The highest BCUT2D eigenvalue weighted by atomic mass is 16.1. The Hall–Kier alpha value is -0.650. The molecule has 2 aliphatic rings. The Labute approximate surface area is 122 Å². The molecule has 1 aliphatic carbocycles. The molecule has 1 amide bonds. The average molecular weight is 282 g/mol. The summed E-state index contributed by atoms with van der Waals surface area (Å²) in [5.74, 6) is 0.214. The Balaban J connectivity index is 1.91. The third-order valence-electron chi connectivity index (χ3n) is 5.44. The largest absolute Gasteiger partial charge is 0.368 e. The van der Waals surface area contributed by atoms with Crippen molar-refractivity contribution in [2.75, 3.05) is 40.3 Å². The topological polar surface area (TPSA) is 61.6 Å². The van der Waals surface area contributed by atoms with Crippen LogP contribution in [0.25, 0.3) is 0 Å². The monoisotopic (exact) mass is 282 g/mol. The van der Waals surface area contributed by atoms with E-state index in [1.54, 1.807) is 0 Å². The highest BCUT2D eigenvalue weighted by molar-refractivity contribution is 5.85. The zero-order valence-electron chi connectivity index (χ0n) is 13.2. The SMILES string of the molecule is CNC1(C(N)=O)CCCC1CCN1CCN(C)CC1C. The smallest absolute Gasteiger partial charge is 0.238 e. The number of nitrogens with one attached hydrogen (secondary N) is 1. The predicted octanol–water partition coefficient (Wildman–Crippen LogP) is 0.256. The van der Waals surface area contributed by atoms with Crippen LogP contribution in [0.15, 0.2) is 0 Å². The number of primary amides is 1. The predicted molar refractivity (Wildman–Crippen MR) is 81.5 cm³/mol. The number of hydrogen-bond donors (Lipinski definition) is 2. The summed E-state index contributed by atoms with van der Waals surface area (Å²) in [6.45, 7) is 6.78. The van der Waals surface area contributed by atoms with Crippen molar-refractivity contribution in [2.45, 2.75) is 44.2 Å². The molecule has 1 aliphatic heterocycles. The molecule has 0 aromatic rings. The molecular weight excluding hydrogens is 252 g/mol. The summed E-state index contributed by atoms with van der Waals surface area (Å²) in [4.78, 5) is 16.8. The van der Waals surface area contributed by atoms with Crippen LogP contribution in [-0.2, 0) is 4.79 Å². The Morgan fingerprint density at radius 1 is 1.45 bits per heavy atom. The van der Waals surface area contributed by atoms with Gasteiger partial charge < -0.3 is 16.0 Å². The second kappa shape index (κ2) is 6.41. The highest BCUT2D eigenvalue weighted by Gasteiger charge is 2.46. The summed E-state index contributed by atoms with van der Waals surface area (Å²) in [5, 5.41) is 3.23. The first kappa shape index (κ1) is 15.7. The first-order valence-corrected chi connectivity index (χ1v) is 7.91. The summed E-state index contributed by atoms with van der Waals surface area (Å²) in [6, 6.07) is 0.604. The highest BCUT2D eigenvalue weighted by Crippen LogP contribution is 2.37. The molecule has 20 heavy (non-hydrogen) atoms. The Morgan fingerprint density at radius 3 is 2.80 bits per heavy atom. The Bertz CT molecular complexity index is 349. The van der Waals surface area contributed by atoms with Crippen molar-refractivity contribution in [3.8, 4) is 0 Å². The number of likely N-dealkylation sites (N-methyl/N-ethyl adjacent to an activating group) is 2. The third kappa shape index (κ3) is 3.00. The molecule has 0 spiro atoms. The van der Waals surface area contributed by atoms with Crippen molar-refractivity contribution in [3.63, 3.8) is 0 Å². The summed E-state index contributed by atoms with van der Waals surface area (Å²) < 4.78 is 0. The van der Waals surface area contributed by atoms with Crippen molar-refractivity contribution in [3.05, 3.63) is 0 Å². The molecule has 0 aromatic carbocycles. The summed E-state index contributed by atoms with van der Waals surface area (Å²) in [7, 11) is 4.06. The normalized spacial score (nSPS) is 36.4. The molecular formula is C15H30N4O. The average Bonchev–Trinajstić information content (AvgIpc) is 2.82. The number of carbonyl (C=O) groups is 1. The molecule has 0 radical (unpaired) electrons. The second-order valence-corrected chi connectivity index (χ2v) is 6.61. The van der Waals surface area contributed by atoms with Gasteiger partial charge in [0, 0.05) is 25.7 Å². The van der Waals surface area contributed by atoms with Crippen molar-refractivity contribution in [2.24, 2.45) is 11.7 Å². The molecule has 2 fully saturated rings. The van der Waals surface area contributed by atoms with E-state index in [9.17, 15) is 4.79 Å². The minimum absolute atomic E-state index is 0.172. The second-order valence-electron chi connectivity index (χ2n) is 6.61. The summed E-state index contributed by atoms with van der Waals surface area (Å²) in [6.07, 6.45) is 4.18. The fraction of sp³-hybridized carbons (Fsp3) is 0.933. The van der Waals surface area contributed by atoms with Gasteiger partial charge in [-0.3, -0.25) is 9.69 Å². The van der Waals surface area contributed by atoms with Gasteiger partial charge in [0.1, 0.15) is 5.54 Å². The van der Waals surface area contributed by atoms with Gasteiger partial charge >= 0.3 is 0 Å². The van der Waals surface area contributed by atoms with Crippen molar-refractivity contribution in [1.82, 2.24) is 15.1 Å². The summed E-state index contributed by atoms with van der Waals surface area (Å²) in [5.41, 5.74) is 5.20. The van der Waals surface area contributed by atoms with Gasteiger partial charge in [-0.1, -0.05) is 6.42 Å². The molecule has 5 nitrogen and oxygen atoms in total. The minimum atomic E-state index is -0.462. The maximum Gasteiger partial charge on any atom is 0.238 e. The maximum absolute atomic E-state index is 11.9.